The lowest BCUT2D eigenvalue weighted by molar-refractivity contribution is 0.104. The fourth-order valence-corrected chi connectivity index (χ4v) is 4.44. The predicted octanol–water partition coefficient (Wildman–Crippen LogP) is 4.98. The van der Waals surface area contributed by atoms with Crippen LogP contribution in [0.25, 0.3) is 22.0 Å². The minimum absolute atomic E-state index is 0.101. The number of hydrogen-bond acceptors (Lipinski definition) is 6. The molecule has 4 rings (SSSR count). The summed E-state index contributed by atoms with van der Waals surface area (Å²) < 4.78 is 25.1. The summed E-state index contributed by atoms with van der Waals surface area (Å²) in [5.74, 6) is 2.32. The summed E-state index contributed by atoms with van der Waals surface area (Å²) >= 11 is 0. The quantitative estimate of drug-likeness (QED) is 0.576. The van der Waals surface area contributed by atoms with Gasteiger partial charge in [-0.15, -0.1) is 0 Å². The second-order valence-corrected chi connectivity index (χ2v) is 8.67. The van der Waals surface area contributed by atoms with Crippen LogP contribution in [0.2, 0.25) is 0 Å². The van der Waals surface area contributed by atoms with Crippen molar-refractivity contribution in [2.45, 2.75) is 39.3 Å². The highest BCUT2D eigenvalue weighted by atomic mass is 19.1. The highest BCUT2D eigenvalue weighted by Gasteiger charge is 2.32. The molecule has 0 unspecified atom stereocenters. The number of aromatic nitrogens is 3. The Labute approximate surface area is 182 Å². The van der Waals surface area contributed by atoms with Crippen molar-refractivity contribution in [3.8, 4) is 22.6 Å². The Balaban J connectivity index is 1.65. The molecule has 0 amide bonds. The third-order valence-corrected chi connectivity index (χ3v) is 6.27. The highest BCUT2D eigenvalue weighted by Crippen LogP contribution is 2.37. The average molecular weight is 425 g/mol. The van der Waals surface area contributed by atoms with Gasteiger partial charge in [-0.25, -0.2) is 9.37 Å². The summed E-state index contributed by atoms with van der Waals surface area (Å²) in [5, 5.41) is 9.34. The van der Waals surface area contributed by atoms with Crippen LogP contribution in [0, 0.1) is 12.8 Å². The van der Waals surface area contributed by atoms with Gasteiger partial charge in [0.25, 0.3) is 0 Å². The zero-order valence-corrected chi connectivity index (χ0v) is 18.8. The van der Waals surface area contributed by atoms with Crippen molar-refractivity contribution in [3.05, 3.63) is 36.2 Å². The Bertz CT molecular complexity index is 1090. The number of benzene rings is 1. The van der Waals surface area contributed by atoms with Gasteiger partial charge >= 0.3 is 0 Å². The van der Waals surface area contributed by atoms with Crippen LogP contribution in [-0.2, 0) is 0 Å². The highest BCUT2D eigenvalue weighted by molar-refractivity contribution is 5.95. The van der Waals surface area contributed by atoms with E-state index in [-0.39, 0.29) is 5.92 Å². The van der Waals surface area contributed by atoms with E-state index >= 15 is 0 Å². The minimum atomic E-state index is -1.13. The van der Waals surface area contributed by atoms with E-state index in [2.05, 4.69) is 28.1 Å². The van der Waals surface area contributed by atoms with Gasteiger partial charge in [-0.2, -0.15) is 10.2 Å². The average Bonchev–Trinajstić information content (AvgIpc) is 2.77. The zero-order valence-electron chi connectivity index (χ0n) is 18.8. The molecule has 0 N–H and O–H groups in total. The first-order chi connectivity index (χ1) is 14.8. The normalized spacial score (nSPS) is 15.4. The molecule has 7 heteroatoms. The van der Waals surface area contributed by atoms with Gasteiger partial charge in [-0.3, -0.25) is 0 Å². The fraction of sp³-hybridized carbons (Fsp3) is 0.458. The van der Waals surface area contributed by atoms with Gasteiger partial charge in [0.2, 0.25) is 0 Å². The van der Waals surface area contributed by atoms with Gasteiger partial charge in [0.05, 0.1) is 25.9 Å². The van der Waals surface area contributed by atoms with Crippen LogP contribution in [0.3, 0.4) is 0 Å². The molecule has 1 fully saturated rings. The second kappa shape index (κ2) is 8.29. The van der Waals surface area contributed by atoms with Crippen molar-refractivity contribution in [1.82, 2.24) is 15.2 Å². The number of hydrogen-bond donors (Lipinski definition) is 0. The summed E-state index contributed by atoms with van der Waals surface area (Å²) in [6, 6.07) is 5.88. The number of aryl methyl sites for hydroxylation is 1. The van der Waals surface area contributed by atoms with Gasteiger partial charge in [0.15, 0.2) is 11.5 Å². The van der Waals surface area contributed by atoms with Gasteiger partial charge in [0, 0.05) is 41.9 Å². The molecule has 164 valence electrons. The maximum atomic E-state index is 14.3. The number of piperidine rings is 1. The van der Waals surface area contributed by atoms with Crippen LogP contribution < -0.4 is 14.4 Å². The Hall–Kier alpha value is -2.96. The van der Waals surface area contributed by atoms with Crippen molar-refractivity contribution >= 4 is 16.7 Å². The first-order valence-corrected chi connectivity index (χ1v) is 10.6. The Kier molecular flexibility index (Phi) is 5.69. The molecule has 2 aromatic heterocycles. The molecule has 0 aliphatic carbocycles. The molecule has 3 aromatic rings. The molecule has 1 aliphatic rings. The van der Waals surface area contributed by atoms with E-state index in [9.17, 15) is 4.39 Å². The van der Waals surface area contributed by atoms with Gasteiger partial charge in [-0.05, 0) is 57.2 Å². The molecule has 0 bridgehead atoms. The number of ether oxygens (including phenoxy) is 2. The molecule has 3 heterocycles. The number of rotatable bonds is 5. The molecule has 1 saturated heterocycles. The number of alkyl halides is 1. The van der Waals surface area contributed by atoms with E-state index in [1.807, 2.05) is 18.3 Å². The molecule has 0 saturated carbocycles. The summed E-state index contributed by atoms with van der Waals surface area (Å²) in [5.41, 5.74) is 2.59. The van der Waals surface area contributed by atoms with Crippen molar-refractivity contribution in [2.24, 2.45) is 5.92 Å². The van der Waals surface area contributed by atoms with Gasteiger partial charge in [-0.1, -0.05) is 0 Å². The predicted molar refractivity (Wildman–Crippen MR) is 121 cm³/mol. The van der Waals surface area contributed by atoms with E-state index in [1.54, 1.807) is 34.3 Å². The summed E-state index contributed by atoms with van der Waals surface area (Å²) in [6.45, 7) is 7.08. The Morgan fingerprint density at radius 3 is 2.32 bits per heavy atom. The standard InChI is InChI=1S/C24H29FN4O2/c1-15-10-16(13-26-23(15)29-8-6-17(7-9-29)24(2,3)25)19-14-27-28-20-12-22(31-5)21(30-4)11-18(19)20/h10-14,17H,6-9H2,1-5H3. The van der Waals surface area contributed by atoms with Crippen LogP contribution in [0.4, 0.5) is 10.2 Å². The van der Waals surface area contributed by atoms with Crippen LogP contribution in [0.1, 0.15) is 32.3 Å². The molecule has 1 aromatic carbocycles. The van der Waals surface area contributed by atoms with Crippen molar-refractivity contribution in [1.29, 1.82) is 0 Å². The number of halogens is 1. The van der Waals surface area contributed by atoms with Crippen molar-refractivity contribution < 1.29 is 13.9 Å². The largest absolute Gasteiger partial charge is 0.493 e. The van der Waals surface area contributed by atoms with Crippen molar-refractivity contribution in [3.63, 3.8) is 0 Å². The topological polar surface area (TPSA) is 60.4 Å². The number of pyridine rings is 1. The molecule has 0 atom stereocenters. The van der Waals surface area contributed by atoms with Crippen LogP contribution in [0.5, 0.6) is 11.5 Å². The summed E-state index contributed by atoms with van der Waals surface area (Å²) in [7, 11) is 3.22. The van der Waals surface area contributed by atoms with Crippen LogP contribution >= 0.6 is 0 Å². The number of anilines is 1. The molecule has 0 spiro atoms. The molecular formula is C24H29FN4O2. The second-order valence-electron chi connectivity index (χ2n) is 8.67. The number of fused-ring (bicyclic) bond motifs is 1. The number of methoxy groups -OCH3 is 2. The van der Waals surface area contributed by atoms with Gasteiger partial charge in [0.1, 0.15) is 11.5 Å². The van der Waals surface area contributed by atoms with E-state index in [1.165, 1.54) is 0 Å². The minimum Gasteiger partial charge on any atom is -0.493 e. The Morgan fingerprint density at radius 1 is 1.03 bits per heavy atom. The SMILES string of the molecule is COc1cc2nncc(-c3cnc(N4CCC(C(C)(C)F)CC4)c(C)c3)c2cc1OC. The third kappa shape index (κ3) is 4.13. The molecule has 1 aliphatic heterocycles. The van der Waals surface area contributed by atoms with E-state index in [0.29, 0.717) is 11.5 Å². The van der Waals surface area contributed by atoms with Crippen LogP contribution in [0.15, 0.2) is 30.6 Å². The van der Waals surface area contributed by atoms with E-state index in [4.69, 9.17) is 14.5 Å². The first kappa shape index (κ1) is 21.3. The lowest BCUT2D eigenvalue weighted by Gasteiger charge is -2.37. The summed E-state index contributed by atoms with van der Waals surface area (Å²) in [6.07, 6.45) is 5.31. The third-order valence-electron chi connectivity index (χ3n) is 6.27. The fourth-order valence-electron chi connectivity index (χ4n) is 4.44. The lowest BCUT2D eigenvalue weighted by Crippen LogP contribution is -2.40. The maximum Gasteiger partial charge on any atom is 0.162 e. The maximum absolute atomic E-state index is 14.3. The molecule has 31 heavy (non-hydrogen) atoms. The zero-order chi connectivity index (χ0) is 22.2. The molecule has 6 nitrogen and oxygen atoms in total. The first-order valence-electron chi connectivity index (χ1n) is 10.6. The van der Waals surface area contributed by atoms with Crippen molar-refractivity contribution in [2.75, 3.05) is 32.2 Å². The molecule has 0 radical (unpaired) electrons. The molecular weight excluding hydrogens is 395 g/mol. The monoisotopic (exact) mass is 424 g/mol. The summed E-state index contributed by atoms with van der Waals surface area (Å²) in [4.78, 5) is 7.04. The van der Waals surface area contributed by atoms with E-state index < -0.39 is 5.67 Å². The lowest BCUT2D eigenvalue weighted by atomic mass is 9.84. The number of nitrogens with zero attached hydrogens (tertiary/aromatic N) is 4. The van der Waals surface area contributed by atoms with Crippen LogP contribution in [-0.4, -0.2) is 48.2 Å². The Morgan fingerprint density at radius 2 is 1.71 bits per heavy atom. The smallest absolute Gasteiger partial charge is 0.162 e. The van der Waals surface area contributed by atoms with E-state index in [0.717, 1.165) is 59.3 Å². The van der Waals surface area contributed by atoms with Gasteiger partial charge < -0.3 is 14.4 Å².